The molecule has 4 aromatic rings. The Morgan fingerprint density at radius 3 is 2.49 bits per heavy atom. The van der Waals surface area contributed by atoms with Gasteiger partial charge in [-0.3, -0.25) is 0 Å². The van der Waals surface area contributed by atoms with Gasteiger partial charge in [-0.1, -0.05) is 23.7 Å². The van der Waals surface area contributed by atoms with Gasteiger partial charge in [-0.25, -0.2) is 14.4 Å². The van der Waals surface area contributed by atoms with E-state index in [0.29, 0.717) is 32.8 Å². The minimum atomic E-state index is -4.77. The van der Waals surface area contributed by atoms with Crippen LogP contribution in [0.2, 0.25) is 5.02 Å². The maximum atomic E-state index is 13.5. The highest BCUT2D eigenvalue weighted by Gasteiger charge is 2.45. The summed E-state index contributed by atoms with van der Waals surface area (Å²) >= 11 is 6.42. The molecule has 5 N–H and O–H groups in total. The van der Waals surface area contributed by atoms with Crippen LogP contribution < -0.4 is 15.4 Å². The van der Waals surface area contributed by atoms with Gasteiger partial charge in [0.1, 0.15) is 49.1 Å². The highest BCUT2D eigenvalue weighted by Crippen LogP contribution is 2.33. The van der Waals surface area contributed by atoms with Crippen LogP contribution in [0.1, 0.15) is 5.56 Å². The van der Waals surface area contributed by atoms with Crippen LogP contribution >= 0.6 is 11.6 Å². The summed E-state index contributed by atoms with van der Waals surface area (Å²) in [4.78, 5) is 13.3. The van der Waals surface area contributed by atoms with E-state index in [2.05, 4.69) is 20.3 Å². The molecule has 2 heterocycles. The molecule has 1 aromatic heterocycles. The molecule has 5 rings (SSSR count). The minimum absolute atomic E-state index is 0.0655. The number of alkyl halides is 6. The van der Waals surface area contributed by atoms with E-state index in [1.54, 1.807) is 30.3 Å². The number of anilines is 2. The molecule has 51 heavy (non-hydrogen) atoms. The zero-order chi connectivity index (χ0) is 36.9. The first-order chi connectivity index (χ1) is 24.1. The molecule has 1 fully saturated rings. The first kappa shape index (κ1) is 37.8. The standard InChI is InChI=1S/C32H30ClF7N6O5/c33-22-10-20(5-7-25(22)50-13-17-2-1-3-18(34)8-17)44-29-21-9-19(4-6-23(21)42-16-43-29)45-30-46(15-32(38,39)40)11-26(51-30)28(49)27(24(48)12-47)41-14-31(35,36)37/h1-10,16,24,26-28,41,47-49H,11-15H2,(H,42,43,44). The quantitative estimate of drug-likeness (QED) is 0.115. The number of aliphatic hydroxyl groups excluding tert-OH is 3. The Bertz CT molecular complexity index is 1850. The molecule has 0 saturated carbocycles. The summed E-state index contributed by atoms with van der Waals surface area (Å²) in [6.07, 6.45) is -13.7. The van der Waals surface area contributed by atoms with Crippen molar-refractivity contribution in [3.8, 4) is 5.75 Å². The predicted molar refractivity (Wildman–Crippen MR) is 172 cm³/mol. The SMILES string of the molecule is OCC(O)C(NCC(F)(F)F)C(O)C1CN(CC(F)(F)F)C(=Nc2ccc3ncnc(Nc4ccc(OCc5cccc(F)c5)c(Cl)c4)c3c2)O1. The Hall–Kier alpha value is -4.49. The van der Waals surface area contributed by atoms with Crippen molar-refractivity contribution >= 4 is 45.7 Å². The molecule has 1 saturated heterocycles. The molecule has 0 spiro atoms. The Morgan fingerprint density at radius 1 is 1.02 bits per heavy atom. The van der Waals surface area contributed by atoms with E-state index in [9.17, 15) is 46.1 Å². The van der Waals surface area contributed by atoms with Gasteiger partial charge in [-0.15, -0.1) is 0 Å². The van der Waals surface area contributed by atoms with Crippen LogP contribution in [0.4, 0.5) is 47.9 Å². The molecule has 19 heteroatoms. The smallest absolute Gasteiger partial charge is 0.406 e. The summed E-state index contributed by atoms with van der Waals surface area (Å²) in [6, 6.07) is 12.6. The van der Waals surface area contributed by atoms with Crippen LogP contribution in [0.3, 0.4) is 0 Å². The zero-order valence-electron chi connectivity index (χ0n) is 26.2. The molecular weight excluding hydrogens is 717 g/mol. The lowest BCUT2D eigenvalue weighted by atomic mass is 10.00. The Kier molecular flexibility index (Phi) is 11.7. The summed E-state index contributed by atoms with van der Waals surface area (Å²) in [5.41, 5.74) is 1.56. The summed E-state index contributed by atoms with van der Waals surface area (Å²) in [6.45, 7) is -4.89. The number of amidine groups is 1. The Morgan fingerprint density at radius 2 is 1.80 bits per heavy atom. The number of aliphatic hydroxyl groups is 3. The van der Waals surface area contributed by atoms with Gasteiger partial charge in [-0.2, -0.15) is 31.3 Å². The fraction of sp³-hybridized carbons (Fsp3) is 0.344. The number of ether oxygens (including phenoxy) is 2. The molecule has 0 aliphatic carbocycles. The van der Waals surface area contributed by atoms with Gasteiger partial charge in [0.05, 0.1) is 48.1 Å². The number of benzene rings is 3. The average Bonchev–Trinajstić information content (AvgIpc) is 3.44. The highest BCUT2D eigenvalue weighted by molar-refractivity contribution is 6.32. The maximum absolute atomic E-state index is 13.5. The summed E-state index contributed by atoms with van der Waals surface area (Å²) < 4.78 is 104. The minimum Gasteiger partial charge on any atom is -0.487 e. The van der Waals surface area contributed by atoms with Gasteiger partial charge >= 0.3 is 12.4 Å². The molecule has 1 aliphatic rings. The first-order valence-corrected chi connectivity index (χ1v) is 15.5. The molecular formula is C32H30ClF7N6O5. The molecule has 4 atom stereocenters. The van der Waals surface area contributed by atoms with E-state index < -0.39 is 74.8 Å². The van der Waals surface area contributed by atoms with Gasteiger partial charge in [0.2, 0.25) is 0 Å². The molecule has 0 amide bonds. The average molecular weight is 747 g/mol. The maximum Gasteiger partial charge on any atom is 0.406 e. The van der Waals surface area contributed by atoms with Crippen molar-refractivity contribution in [3.05, 3.63) is 83.4 Å². The van der Waals surface area contributed by atoms with Crippen LogP contribution in [0, 0.1) is 5.82 Å². The van der Waals surface area contributed by atoms with E-state index in [4.69, 9.17) is 21.1 Å². The van der Waals surface area contributed by atoms with E-state index in [1.165, 1.54) is 36.7 Å². The highest BCUT2D eigenvalue weighted by atomic mass is 35.5. The lowest BCUT2D eigenvalue weighted by Crippen LogP contribution is -2.56. The third kappa shape index (κ3) is 10.3. The second-order valence-corrected chi connectivity index (χ2v) is 11.8. The van der Waals surface area contributed by atoms with Crippen molar-refractivity contribution in [3.63, 3.8) is 0 Å². The fourth-order valence-corrected chi connectivity index (χ4v) is 5.41. The number of hydrogen-bond donors (Lipinski definition) is 5. The monoisotopic (exact) mass is 746 g/mol. The van der Waals surface area contributed by atoms with E-state index >= 15 is 0 Å². The van der Waals surface area contributed by atoms with Gasteiger partial charge in [0.15, 0.2) is 0 Å². The number of rotatable bonds is 13. The number of nitrogens with zero attached hydrogens (tertiary/aromatic N) is 4. The van der Waals surface area contributed by atoms with Crippen LogP contribution in [-0.2, 0) is 11.3 Å². The van der Waals surface area contributed by atoms with Crippen molar-refractivity contribution in [1.82, 2.24) is 20.2 Å². The van der Waals surface area contributed by atoms with Crippen molar-refractivity contribution in [2.24, 2.45) is 4.99 Å². The van der Waals surface area contributed by atoms with Crippen molar-refractivity contribution < 1.29 is 55.5 Å². The van der Waals surface area contributed by atoms with E-state index in [1.807, 2.05) is 5.32 Å². The number of nitrogens with one attached hydrogen (secondary N) is 2. The number of fused-ring (bicyclic) bond motifs is 1. The summed E-state index contributed by atoms with van der Waals surface area (Å²) in [5, 5.41) is 35.8. The molecule has 1 aliphatic heterocycles. The van der Waals surface area contributed by atoms with Crippen molar-refractivity contribution in [1.29, 1.82) is 0 Å². The van der Waals surface area contributed by atoms with Gasteiger partial charge in [-0.05, 0) is 54.1 Å². The molecule has 3 aromatic carbocycles. The van der Waals surface area contributed by atoms with Gasteiger partial charge < -0.3 is 40.3 Å². The number of aromatic nitrogens is 2. The van der Waals surface area contributed by atoms with Crippen LogP contribution in [0.25, 0.3) is 10.9 Å². The molecule has 274 valence electrons. The first-order valence-electron chi connectivity index (χ1n) is 15.1. The van der Waals surface area contributed by atoms with Crippen molar-refractivity contribution in [2.45, 2.75) is 43.3 Å². The van der Waals surface area contributed by atoms with E-state index in [-0.39, 0.29) is 23.1 Å². The lowest BCUT2D eigenvalue weighted by molar-refractivity contribution is -0.138. The predicted octanol–water partition coefficient (Wildman–Crippen LogP) is 5.23. The molecule has 11 nitrogen and oxygen atoms in total. The second kappa shape index (κ2) is 15.8. The van der Waals surface area contributed by atoms with Crippen molar-refractivity contribution in [2.75, 3.05) is 31.6 Å². The van der Waals surface area contributed by atoms with Gasteiger partial charge in [0, 0.05) is 11.1 Å². The fourth-order valence-electron chi connectivity index (χ4n) is 5.17. The Labute approximate surface area is 290 Å². The molecule has 4 unspecified atom stereocenters. The number of halogens is 8. The summed E-state index contributed by atoms with van der Waals surface area (Å²) in [5.74, 6) is 0.180. The topological polar surface area (TPSA) is 145 Å². The van der Waals surface area contributed by atoms with Crippen LogP contribution in [-0.4, -0.2) is 99.2 Å². The third-order valence-electron chi connectivity index (χ3n) is 7.51. The summed E-state index contributed by atoms with van der Waals surface area (Å²) in [7, 11) is 0. The second-order valence-electron chi connectivity index (χ2n) is 11.4. The lowest BCUT2D eigenvalue weighted by Gasteiger charge is -2.30. The molecule has 0 bridgehead atoms. The molecule has 0 radical (unpaired) electrons. The van der Waals surface area contributed by atoms with Crippen LogP contribution in [0.15, 0.2) is 72.0 Å². The van der Waals surface area contributed by atoms with Gasteiger partial charge in [0.25, 0.3) is 6.02 Å². The number of aliphatic imine (C=N–C) groups is 1. The van der Waals surface area contributed by atoms with E-state index in [0.717, 1.165) is 0 Å². The normalized spacial score (nSPS) is 17.7. The zero-order valence-corrected chi connectivity index (χ0v) is 26.9. The number of hydrogen-bond acceptors (Lipinski definition) is 10. The Balaban J connectivity index is 1.37. The largest absolute Gasteiger partial charge is 0.487 e. The van der Waals surface area contributed by atoms with Crippen LogP contribution in [0.5, 0.6) is 5.75 Å². The third-order valence-corrected chi connectivity index (χ3v) is 7.80.